The van der Waals surface area contributed by atoms with E-state index in [-0.39, 0.29) is 0 Å². The smallest absolute Gasteiger partial charge is 0.274 e. The van der Waals surface area contributed by atoms with Crippen molar-refractivity contribution in [3.05, 3.63) is 16.5 Å². The molecule has 0 saturated carbocycles. The highest BCUT2D eigenvalue weighted by molar-refractivity contribution is 7.12. The zero-order valence-electron chi connectivity index (χ0n) is 5.67. The van der Waals surface area contributed by atoms with Gasteiger partial charge < -0.3 is 0 Å². The van der Waals surface area contributed by atoms with Crippen molar-refractivity contribution in [1.82, 2.24) is 0 Å². The van der Waals surface area contributed by atoms with E-state index in [1.54, 1.807) is 11.4 Å². The number of carbonyl (C=O) groups is 1. The lowest BCUT2D eigenvalue weighted by Gasteiger charge is -1.97. The highest BCUT2D eigenvalue weighted by atomic mass is 35.5. The summed E-state index contributed by atoms with van der Waals surface area (Å²) in [4.78, 5) is 19.1. The Balaban J connectivity index is 2.51. The van der Waals surface area contributed by atoms with Crippen molar-refractivity contribution < 1.29 is 14.6 Å². The maximum absolute atomic E-state index is 10.3. The van der Waals surface area contributed by atoms with E-state index < -0.39 is 5.97 Å². The van der Waals surface area contributed by atoms with Crippen LogP contribution in [-0.2, 0) is 9.68 Å². The van der Waals surface area contributed by atoms with Gasteiger partial charge >= 0.3 is 5.97 Å². The van der Waals surface area contributed by atoms with Crippen molar-refractivity contribution in [3.63, 3.8) is 0 Å². The van der Waals surface area contributed by atoms with E-state index in [9.17, 15) is 4.79 Å². The number of rotatable bonds is 2. The van der Waals surface area contributed by atoms with Crippen LogP contribution in [-0.4, -0.2) is 5.97 Å². The molecule has 0 N–H and O–H groups in total. The van der Waals surface area contributed by atoms with Gasteiger partial charge in [-0.15, -0.1) is 11.3 Å². The van der Waals surface area contributed by atoms with Crippen LogP contribution in [0, 0.1) is 0 Å². The second kappa shape index (κ2) is 3.59. The summed E-state index contributed by atoms with van der Waals surface area (Å²) in [7, 11) is 0. The average Bonchev–Trinajstić information content (AvgIpc) is 2.31. The highest BCUT2D eigenvalue weighted by Crippen LogP contribution is 2.30. The van der Waals surface area contributed by atoms with Crippen molar-refractivity contribution in [1.29, 1.82) is 0 Å². The summed E-state index contributed by atoms with van der Waals surface area (Å²) in [6, 6.07) is 1.66. The van der Waals surface area contributed by atoms with Crippen LogP contribution in [0.15, 0.2) is 11.4 Å². The third kappa shape index (κ3) is 2.40. The Labute approximate surface area is 72.4 Å². The first-order valence-electron chi connectivity index (χ1n) is 2.78. The Morgan fingerprint density at radius 3 is 2.91 bits per heavy atom. The molecular weight excluding hydrogens is 188 g/mol. The molecule has 1 aromatic heterocycles. The first-order valence-corrected chi connectivity index (χ1v) is 4.04. The molecule has 0 saturated heterocycles. The summed E-state index contributed by atoms with van der Waals surface area (Å²) in [5.74, 6) is -0.505. The van der Waals surface area contributed by atoms with Gasteiger partial charge in [0.15, 0.2) is 0 Å². The molecule has 0 unspecified atom stereocenters. The van der Waals surface area contributed by atoms with Crippen LogP contribution in [0.3, 0.4) is 0 Å². The zero-order chi connectivity index (χ0) is 8.27. The van der Waals surface area contributed by atoms with Gasteiger partial charge in [0, 0.05) is 6.92 Å². The second-order valence-corrected chi connectivity index (χ2v) is 3.00. The van der Waals surface area contributed by atoms with Gasteiger partial charge in [-0.3, -0.25) is 4.89 Å². The Bertz CT molecular complexity index is 258. The van der Waals surface area contributed by atoms with Crippen LogP contribution in [0.2, 0.25) is 5.02 Å². The molecule has 11 heavy (non-hydrogen) atoms. The Morgan fingerprint density at radius 2 is 2.45 bits per heavy atom. The van der Waals surface area contributed by atoms with Crippen molar-refractivity contribution in [2.45, 2.75) is 6.92 Å². The minimum atomic E-state index is -0.505. The summed E-state index contributed by atoms with van der Waals surface area (Å²) in [6.07, 6.45) is 0. The first kappa shape index (κ1) is 8.36. The number of halogens is 1. The van der Waals surface area contributed by atoms with Crippen molar-refractivity contribution in [2.75, 3.05) is 0 Å². The summed E-state index contributed by atoms with van der Waals surface area (Å²) in [5, 5.41) is 2.57. The van der Waals surface area contributed by atoms with Crippen molar-refractivity contribution in [3.8, 4) is 5.06 Å². The number of thiophene rings is 1. The lowest BCUT2D eigenvalue weighted by molar-refractivity contribution is -0.209. The molecule has 60 valence electrons. The number of carbonyl (C=O) groups excluding carboxylic acids is 1. The summed E-state index contributed by atoms with van der Waals surface area (Å²) < 4.78 is 0. The third-order valence-electron chi connectivity index (χ3n) is 0.819. The van der Waals surface area contributed by atoms with Crippen LogP contribution < -0.4 is 4.89 Å². The maximum atomic E-state index is 10.3. The van der Waals surface area contributed by atoms with Crippen LogP contribution in [0.1, 0.15) is 6.92 Å². The van der Waals surface area contributed by atoms with Crippen LogP contribution in [0.5, 0.6) is 5.06 Å². The molecule has 0 aliphatic rings. The predicted molar refractivity (Wildman–Crippen MR) is 41.7 cm³/mol. The molecule has 0 amide bonds. The Morgan fingerprint density at radius 1 is 1.73 bits per heavy atom. The second-order valence-electron chi connectivity index (χ2n) is 1.71. The van der Waals surface area contributed by atoms with E-state index in [0.717, 1.165) is 0 Å². The van der Waals surface area contributed by atoms with Gasteiger partial charge in [0.05, 0.1) is 5.02 Å². The summed E-state index contributed by atoms with van der Waals surface area (Å²) >= 11 is 6.88. The molecule has 0 spiro atoms. The summed E-state index contributed by atoms with van der Waals surface area (Å²) in [6.45, 7) is 1.25. The highest BCUT2D eigenvalue weighted by Gasteiger charge is 2.04. The van der Waals surface area contributed by atoms with Crippen molar-refractivity contribution in [2.24, 2.45) is 0 Å². The van der Waals surface area contributed by atoms with Gasteiger partial charge in [-0.1, -0.05) is 11.6 Å². The number of hydrogen-bond acceptors (Lipinski definition) is 4. The molecule has 0 aromatic carbocycles. The molecule has 0 radical (unpaired) electrons. The van der Waals surface area contributed by atoms with Crippen LogP contribution in [0.4, 0.5) is 0 Å². The molecule has 1 heterocycles. The minimum absolute atomic E-state index is 0.391. The monoisotopic (exact) mass is 192 g/mol. The molecule has 0 fully saturated rings. The van der Waals surface area contributed by atoms with Crippen molar-refractivity contribution >= 4 is 28.9 Å². The fourth-order valence-corrected chi connectivity index (χ4v) is 1.32. The average molecular weight is 193 g/mol. The molecular formula is C6H5ClO3S. The van der Waals surface area contributed by atoms with Gasteiger partial charge in [-0.05, 0) is 11.4 Å². The molecule has 0 atom stereocenters. The van der Waals surface area contributed by atoms with E-state index in [0.29, 0.717) is 10.1 Å². The topological polar surface area (TPSA) is 35.5 Å². The van der Waals surface area contributed by atoms with Gasteiger partial charge in [0.1, 0.15) is 0 Å². The lowest BCUT2D eigenvalue weighted by Crippen LogP contribution is -2.01. The normalized spacial score (nSPS) is 9.27. The molecule has 0 aliphatic heterocycles. The van der Waals surface area contributed by atoms with E-state index in [1.165, 1.54) is 18.3 Å². The lowest BCUT2D eigenvalue weighted by atomic mass is 10.6. The predicted octanol–water partition coefficient (Wildman–Crippen LogP) is 2.26. The number of hydrogen-bond donors (Lipinski definition) is 0. The van der Waals surface area contributed by atoms with E-state index in [1.807, 2.05) is 0 Å². The Hall–Kier alpha value is -0.740. The molecule has 3 nitrogen and oxygen atoms in total. The van der Waals surface area contributed by atoms with E-state index in [4.69, 9.17) is 11.6 Å². The SMILES string of the molecule is CC(=O)OOc1sccc1Cl. The van der Waals surface area contributed by atoms with E-state index in [2.05, 4.69) is 9.78 Å². The molecule has 1 rings (SSSR count). The zero-order valence-corrected chi connectivity index (χ0v) is 7.24. The minimum Gasteiger partial charge on any atom is -0.274 e. The van der Waals surface area contributed by atoms with Crippen LogP contribution >= 0.6 is 22.9 Å². The third-order valence-corrected chi connectivity index (χ3v) is 2.00. The fourth-order valence-electron chi connectivity index (χ4n) is 0.436. The quantitative estimate of drug-likeness (QED) is 0.533. The fraction of sp³-hybridized carbons (Fsp3) is 0.167. The molecule has 5 heteroatoms. The van der Waals surface area contributed by atoms with E-state index >= 15 is 0 Å². The van der Waals surface area contributed by atoms with Gasteiger partial charge in [-0.2, -0.15) is 0 Å². The molecule has 0 aliphatic carbocycles. The Kier molecular flexibility index (Phi) is 2.73. The van der Waals surface area contributed by atoms with Gasteiger partial charge in [-0.25, -0.2) is 9.68 Å². The maximum Gasteiger partial charge on any atom is 0.352 e. The summed E-state index contributed by atoms with van der Waals surface area (Å²) in [5.41, 5.74) is 0. The molecule has 1 aromatic rings. The standard InChI is InChI=1S/C6H5ClO3S/c1-4(8)9-10-6-5(7)2-3-11-6/h2-3H,1H3. The molecule has 0 bridgehead atoms. The van der Waals surface area contributed by atoms with Crippen LogP contribution in [0.25, 0.3) is 0 Å². The van der Waals surface area contributed by atoms with Gasteiger partial charge in [0.25, 0.3) is 5.06 Å². The van der Waals surface area contributed by atoms with Gasteiger partial charge in [0.2, 0.25) is 0 Å². The first-order chi connectivity index (χ1) is 5.20. The largest absolute Gasteiger partial charge is 0.352 e.